The number of halogens is 1. The van der Waals surface area contributed by atoms with Crippen LogP contribution in [0.2, 0.25) is 5.02 Å². The molecule has 0 bridgehead atoms. The van der Waals surface area contributed by atoms with Gasteiger partial charge in [0.2, 0.25) is 0 Å². The number of carbonyl (C=O) groups excluding carboxylic acids is 2. The van der Waals surface area contributed by atoms with Crippen molar-refractivity contribution in [3.63, 3.8) is 0 Å². The van der Waals surface area contributed by atoms with Crippen molar-refractivity contribution in [3.05, 3.63) is 58.1 Å². The number of ether oxygens (including phenoxy) is 1. The minimum Gasteiger partial charge on any atom is -0.484 e. The van der Waals surface area contributed by atoms with Crippen molar-refractivity contribution in [2.75, 3.05) is 18.5 Å². The van der Waals surface area contributed by atoms with E-state index in [0.717, 1.165) is 17.5 Å². The smallest absolute Gasteiger partial charge is 0.262 e. The van der Waals surface area contributed by atoms with Crippen LogP contribution in [-0.2, 0) is 4.79 Å². The topological polar surface area (TPSA) is 67.4 Å². The molecule has 0 spiro atoms. The molecule has 0 heterocycles. The van der Waals surface area contributed by atoms with E-state index in [-0.39, 0.29) is 18.4 Å². The molecule has 2 N–H and O–H groups in total. The summed E-state index contributed by atoms with van der Waals surface area (Å²) >= 11 is 6.12. The molecular weight excluding hydrogens is 352 g/mol. The van der Waals surface area contributed by atoms with Gasteiger partial charge in [0.25, 0.3) is 11.8 Å². The van der Waals surface area contributed by atoms with Crippen LogP contribution in [0, 0.1) is 13.8 Å². The molecule has 0 atom stereocenters. The summed E-state index contributed by atoms with van der Waals surface area (Å²) in [6.45, 7) is 6.24. The Morgan fingerprint density at radius 1 is 1.12 bits per heavy atom. The predicted molar refractivity (Wildman–Crippen MR) is 104 cm³/mol. The number of nitrogens with one attached hydrogen (secondary N) is 2. The van der Waals surface area contributed by atoms with Crippen LogP contribution < -0.4 is 15.4 Å². The molecule has 26 heavy (non-hydrogen) atoms. The first-order valence-electron chi connectivity index (χ1n) is 8.48. The molecule has 2 aromatic rings. The second kappa shape index (κ2) is 9.25. The normalized spacial score (nSPS) is 10.3. The largest absolute Gasteiger partial charge is 0.484 e. The van der Waals surface area contributed by atoms with E-state index in [1.165, 1.54) is 0 Å². The van der Waals surface area contributed by atoms with Gasteiger partial charge in [0.05, 0.1) is 0 Å². The summed E-state index contributed by atoms with van der Waals surface area (Å²) in [5.74, 6) is 0.125. The van der Waals surface area contributed by atoms with E-state index in [1.54, 1.807) is 36.4 Å². The molecule has 2 amide bonds. The van der Waals surface area contributed by atoms with E-state index in [4.69, 9.17) is 16.3 Å². The fourth-order valence-corrected chi connectivity index (χ4v) is 2.52. The third-order valence-electron chi connectivity index (χ3n) is 3.72. The molecule has 6 heteroatoms. The van der Waals surface area contributed by atoms with E-state index in [9.17, 15) is 9.59 Å². The van der Waals surface area contributed by atoms with E-state index in [0.29, 0.717) is 28.6 Å². The maximum absolute atomic E-state index is 12.1. The molecule has 0 aliphatic carbocycles. The van der Waals surface area contributed by atoms with Crippen LogP contribution in [0.5, 0.6) is 5.75 Å². The fourth-order valence-electron chi connectivity index (χ4n) is 2.41. The highest BCUT2D eigenvalue weighted by molar-refractivity contribution is 6.32. The van der Waals surface area contributed by atoms with Crippen molar-refractivity contribution in [3.8, 4) is 5.75 Å². The first kappa shape index (κ1) is 19.8. The Balaban J connectivity index is 1.94. The van der Waals surface area contributed by atoms with Crippen molar-refractivity contribution in [2.24, 2.45) is 0 Å². The number of aryl methyl sites for hydroxylation is 2. The zero-order valence-electron chi connectivity index (χ0n) is 15.2. The highest BCUT2D eigenvalue weighted by Gasteiger charge is 2.09. The van der Waals surface area contributed by atoms with E-state index >= 15 is 0 Å². The number of hydrogen-bond acceptors (Lipinski definition) is 3. The molecule has 2 rings (SSSR count). The highest BCUT2D eigenvalue weighted by atomic mass is 35.5. The van der Waals surface area contributed by atoms with Crippen LogP contribution >= 0.6 is 11.6 Å². The molecular formula is C20H23ClN2O3. The Labute approximate surface area is 158 Å². The quantitative estimate of drug-likeness (QED) is 0.766. The molecule has 5 nitrogen and oxygen atoms in total. The molecule has 0 fully saturated rings. The molecule has 0 aliphatic rings. The first-order chi connectivity index (χ1) is 12.4. The lowest BCUT2D eigenvalue weighted by Crippen LogP contribution is -2.24. The zero-order chi connectivity index (χ0) is 19.1. The van der Waals surface area contributed by atoms with Crippen LogP contribution in [0.1, 0.15) is 34.8 Å². The second-order valence-electron chi connectivity index (χ2n) is 6.04. The lowest BCUT2D eigenvalue weighted by molar-refractivity contribution is -0.118. The summed E-state index contributed by atoms with van der Waals surface area (Å²) in [5, 5.41) is 6.23. The number of hydrogen-bond donors (Lipinski definition) is 2. The van der Waals surface area contributed by atoms with Crippen molar-refractivity contribution in [1.82, 2.24) is 5.32 Å². The Hall–Kier alpha value is -2.53. The van der Waals surface area contributed by atoms with Gasteiger partial charge in [0.1, 0.15) is 5.75 Å². The maximum atomic E-state index is 12.1. The summed E-state index contributed by atoms with van der Waals surface area (Å²) in [6.07, 6.45) is 0.864. The van der Waals surface area contributed by atoms with Gasteiger partial charge >= 0.3 is 0 Å². The molecule has 0 saturated heterocycles. The summed E-state index contributed by atoms with van der Waals surface area (Å²) in [4.78, 5) is 24.1. The average Bonchev–Trinajstić information content (AvgIpc) is 2.62. The van der Waals surface area contributed by atoms with Crippen molar-refractivity contribution >= 4 is 29.1 Å². The minimum absolute atomic E-state index is 0.132. The third kappa shape index (κ3) is 5.49. The van der Waals surface area contributed by atoms with Crippen LogP contribution in [-0.4, -0.2) is 25.0 Å². The lowest BCUT2D eigenvalue weighted by atomic mass is 10.1. The van der Waals surface area contributed by atoms with Crippen molar-refractivity contribution in [2.45, 2.75) is 27.2 Å². The molecule has 0 radical (unpaired) electrons. The van der Waals surface area contributed by atoms with Gasteiger partial charge in [-0.25, -0.2) is 0 Å². The van der Waals surface area contributed by atoms with E-state index in [2.05, 4.69) is 10.6 Å². The van der Waals surface area contributed by atoms with Gasteiger partial charge in [-0.15, -0.1) is 0 Å². The first-order valence-corrected chi connectivity index (χ1v) is 8.86. The average molecular weight is 375 g/mol. The van der Waals surface area contributed by atoms with Crippen molar-refractivity contribution < 1.29 is 14.3 Å². The van der Waals surface area contributed by atoms with Crippen LogP contribution in [0.3, 0.4) is 0 Å². The van der Waals surface area contributed by atoms with Crippen molar-refractivity contribution in [1.29, 1.82) is 0 Å². The maximum Gasteiger partial charge on any atom is 0.262 e. The number of carbonyl (C=O) groups is 2. The summed E-state index contributed by atoms with van der Waals surface area (Å²) < 4.78 is 5.54. The Kier molecular flexibility index (Phi) is 7.04. The third-order valence-corrected chi connectivity index (χ3v) is 4.32. The van der Waals surface area contributed by atoms with Gasteiger partial charge in [-0.2, -0.15) is 0 Å². The van der Waals surface area contributed by atoms with Gasteiger partial charge < -0.3 is 15.4 Å². The highest BCUT2D eigenvalue weighted by Crippen LogP contribution is 2.25. The number of benzene rings is 2. The Morgan fingerprint density at radius 3 is 2.46 bits per heavy atom. The molecule has 0 aliphatic heterocycles. The second-order valence-corrected chi connectivity index (χ2v) is 6.42. The van der Waals surface area contributed by atoms with Crippen LogP contribution in [0.4, 0.5) is 5.69 Å². The fraction of sp³-hybridized carbons (Fsp3) is 0.300. The van der Waals surface area contributed by atoms with Gasteiger partial charge in [-0.3, -0.25) is 9.59 Å². The van der Waals surface area contributed by atoms with E-state index < -0.39 is 0 Å². The zero-order valence-corrected chi connectivity index (χ0v) is 15.9. The lowest BCUT2D eigenvalue weighted by Gasteiger charge is -2.11. The van der Waals surface area contributed by atoms with Gasteiger partial charge in [0.15, 0.2) is 6.61 Å². The molecule has 0 saturated carbocycles. The Bertz CT molecular complexity index is 782. The summed E-state index contributed by atoms with van der Waals surface area (Å²) in [5.41, 5.74) is 2.84. The number of rotatable bonds is 7. The Morgan fingerprint density at radius 2 is 1.81 bits per heavy atom. The van der Waals surface area contributed by atoms with Crippen LogP contribution in [0.15, 0.2) is 36.4 Å². The summed E-state index contributed by atoms with van der Waals surface area (Å²) in [7, 11) is 0. The standard InChI is InChI=1S/C20H23ClN2O3/c1-4-8-22-20(25)15-6-5-7-16(11-15)23-18(24)12-26-17-9-13(2)19(21)14(3)10-17/h5-7,9-11H,4,8,12H2,1-3H3,(H,22,25)(H,23,24). The SMILES string of the molecule is CCCNC(=O)c1cccc(NC(=O)COc2cc(C)c(Cl)c(C)c2)c1. The molecule has 138 valence electrons. The van der Waals surface area contributed by atoms with Crippen LogP contribution in [0.25, 0.3) is 0 Å². The minimum atomic E-state index is -0.304. The van der Waals surface area contributed by atoms with Gasteiger partial charge in [0, 0.05) is 22.8 Å². The molecule has 0 aromatic heterocycles. The number of anilines is 1. The predicted octanol–water partition coefficient (Wildman–Crippen LogP) is 4.11. The molecule has 0 unspecified atom stereocenters. The monoisotopic (exact) mass is 374 g/mol. The number of amides is 2. The van der Waals surface area contributed by atoms with E-state index in [1.807, 2.05) is 20.8 Å². The summed E-state index contributed by atoms with van der Waals surface area (Å²) in [6, 6.07) is 10.4. The van der Waals surface area contributed by atoms with Gasteiger partial charge in [-0.05, 0) is 61.7 Å². The van der Waals surface area contributed by atoms with Gasteiger partial charge in [-0.1, -0.05) is 24.6 Å². The molecule has 2 aromatic carbocycles.